The van der Waals surface area contributed by atoms with E-state index in [4.69, 9.17) is 0 Å². The van der Waals surface area contributed by atoms with Crippen LogP contribution in [0.4, 0.5) is 0 Å². The Morgan fingerprint density at radius 3 is 2.43 bits per heavy atom. The molecule has 0 atom stereocenters. The van der Waals surface area contributed by atoms with Crippen LogP contribution in [-0.4, -0.2) is 0 Å². The zero-order chi connectivity index (χ0) is 5.28. The quantitative estimate of drug-likeness (QED) is 0.438. The lowest BCUT2D eigenvalue weighted by atomic mass is 9.88. The largest absolute Gasteiger partial charge is 0.240 e. The molecule has 7 heavy (non-hydrogen) atoms. The molecule has 0 bridgehead atoms. The summed E-state index contributed by atoms with van der Waals surface area (Å²) in [6, 6.07) is 0. The molecule has 0 unspecified atom stereocenters. The van der Waals surface area contributed by atoms with Crippen LogP contribution >= 0.6 is 0 Å². The van der Waals surface area contributed by atoms with Crippen LogP contribution in [-0.2, 0) is 0 Å². The second-order valence-corrected chi connectivity index (χ2v) is 2.05. The van der Waals surface area contributed by atoms with Crippen molar-refractivity contribution in [1.82, 2.24) is 0 Å². The first kappa shape index (κ1) is 4.76. The highest BCUT2D eigenvalue weighted by Gasteiger charge is 1.94. The zero-order valence-electron chi connectivity index (χ0n) is 4.99. The van der Waals surface area contributed by atoms with E-state index in [1.54, 1.807) is 5.57 Å². The predicted octanol–water partition coefficient (Wildman–Crippen LogP) is 2.32. The minimum Gasteiger partial charge on any atom is -0.240 e. The number of allylic oxidation sites excluding steroid dienone is 2. The van der Waals surface area contributed by atoms with Crippen LogP contribution in [0.15, 0.2) is 11.1 Å². The normalized spacial score (nSPS) is 18.6. The highest BCUT2D eigenvalue weighted by molar-refractivity contribution is 5.32. The van der Waals surface area contributed by atoms with E-state index in [9.17, 15) is 0 Å². The van der Waals surface area contributed by atoms with Gasteiger partial charge in [-0.25, -0.2) is 17.6 Å². The standard InChI is InChI=1S/C7H11/c1-3-7-5-4-6(7)2/h4H,3,5H2,1-2H3/q-1. The molecule has 0 amide bonds. The Morgan fingerprint density at radius 2 is 2.43 bits per heavy atom. The van der Waals surface area contributed by atoms with Crippen molar-refractivity contribution in [2.24, 2.45) is 0 Å². The van der Waals surface area contributed by atoms with Gasteiger partial charge in [0.2, 0.25) is 0 Å². The smallest absolute Gasteiger partial charge is 0.0731 e. The van der Waals surface area contributed by atoms with E-state index >= 15 is 0 Å². The van der Waals surface area contributed by atoms with Crippen molar-refractivity contribution >= 4 is 0 Å². The van der Waals surface area contributed by atoms with Gasteiger partial charge in [0.1, 0.15) is 0 Å². The van der Waals surface area contributed by atoms with E-state index in [-0.39, 0.29) is 0 Å². The van der Waals surface area contributed by atoms with Crippen molar-refractivity contribution in [2.75, 3.05) is 0 Å². The Labute approximate surface area is 45.2 Å². The molecule has 0 heteroatoms. The van der Waals surface area contributed by atoms with E-state index in [1.165, 1.54) is 18.4 Å². The number of hydrogen-bond acceptors (Lipinski definition) is 0. The second-order valence-electron chi connectivity index (χ2n) is 2.05. The van der Waals surface area contributed by atoms with E-state index in [0.29, 0.717) is 0 Å². The Bertz CT molecular complexity index is 98.6. The highest BCUT2D eigenvalue weighted by Crippen LogP contribution is 2.27. The lowest BCUT2D eigenvalue weighted by molar-refractivity contribution is 0.887. The molecule has 0 radical (unpaired) electrons. The first-order valence-electron chi connectivity index (χ1n) is 2.86. The summed E-state index contributed by atoms with van der Waals surface area (Å²) in [7, 11) is 0. The third-order valence-electron chi connectivity index (χ3n) is 1.64. The lowest BCUT2D eigenvalue weighted by Crippen LogP contribution is -1.99. The molecule has 0 nitrogen and oxygen atoms in total. The third-order valence-corrected chi connectivity index (χ3v) is 1.64. The molecule has 0 aromatic heterocycles. The maximum atomic E-state index is 2.28. The third kappa shape index (κ3) is 0.649. The van der Waals surface area contributed by atoms with E-state index in [1.807, 2.05) is 0 Å². The first-order valence-corrected chi connectivity index (χ1v) is 2.86. The Balaban J connectivity index is 2.53. The average Bonchev–Trinajstić information content (AvgIpc) is 1.65. The van der Waals surface area contributed by atoms with Gasteiger partial charge in [0, 0.05) is 0 Å². The number of rotatable bonds is 1. The van der Waals surface area contributed by atoms with Gasteiger partial charge in [-0.3, -0.25) is 0 Å². The average molecular weight is 95.2 g/mol. The van der Waals surface area contributed by atoms with Crippen LogP contribution in [0.2, 0.25) is 0 Å². The molecule has 40 valence electrons. The van der Waals surface area contributed by atoms with E-state index in [0.717, 1.165) is 0 Å². The summed E-state index contributed by atoms with van der Waals surface area (Å²) >= 11 is 0. The minimum atomic E-state index is 1.25. The van der Waals surface area contributed by atoms with Crippen molar-refractivity contribution in [2.45, 2.75) is 26.7 Å². The van der Waals surface area contributed by atoms with Gasteiger partial charge < -0.3 is 0 Å². The Hall–Kier alpha value is -0.390. The zero-order valence-corrected chi connectivity index (χ0v) is 4.99. The molecule has 0 saturated heterocycles. The van der Waals surface area contributed by atoms with Gasteiger partial charge in [-0.05, 0) is 0 Å². The molecule has 0 N–H and O–H groups in total. The summed E-state index contributed by atoms with van der Waals surface area (Å²) < 4.78 is 0. The molecule has 0 aromatic carbocycles. The van der Waals surface area contributed by atoms with Crippen LogP contribution in [0.1, 0.15) is 26.7 Å². The molecule has 0 saturated carbocycles. The van der Waals surface area contributed by atoms with Gasteiger partial charge >= 0.3 is 0 Å². The Kier molecular flexibility index (Phi) is 1.09. The molecule has 0 heterocycles. The predicted molar refractivity (Wildman–Crippen MR) is 31.9 cm³/mol. The van der Waals surface area contributed by atoms with Gasteiger partial charge in [0.15, 0.2) is 0 Å². The SMILES string of the molecule is CCC1=C(C)[CH-]C1. The van der Waals surface area contributed by atoms with Gasteiger partial charge in [-0.15, -0.1) is 12.8 Å². The van der Waals surface area contributed by atoms with E-state index < -0.39 is 0 Å². The molecule has 1 rings (SSSR count). The molecular formula is C7H11-. The van der Waals surface area contributed by atoms with Crippen LogP contribution in [0, 0.1) is 6.42 Å². The first-order chi connectivity index (χ1) is 3.34. The molecular weight excluding hydrogens is 84.1 g/mol. The van der Waals surface area contributed by atoms with Crippen LogP contribution in [0.5, 0.6) is 0 Å². The molecule has 0 fully saturated rings. The lowest BCUT2D eigenvalue weighted by Gasteiger charge is -2.32. The Morgan fingerprint density at radius 1 is 1.71 bits per heavy atom. The second kappa shape index (κ2) is 1.61. The fourth-order valence-corrected chi connectivity index (χ4v) is 0.874. The molecule has 1 aliphatic carbocycles. The fraction of sp³-hybridized carbons (Fsp3) is 0.571. The fourth-order valence-electron chi connectivity index (χ4n) is 0.874. The maximum absolute atomic E-state index is 2.28. The van der Waals surface area contributed by atoms with Crippen LogP contribution in [0.25, 0.3) is 0 Å². The van der Waals surface area contributed by atoms with Crippen molar-refractivity contribution in [3.05, 3.63) is 17.6 Å². The summed E-state index contributed by atoms with van der Waals surface area (Å²) in [6.45, 7) is 4.40. The van der Waals surface area contributed by atoms with Crippen molar-refractivity contribution in [3.63, 3.8) is 0 Å². The van der Waals surface area contributed by atoms with Crippen molar-refractivity contribution in [3.8, 4) is 0 Å². The van der Waals surface area contributed by atoms with E-state index in [2.05, 4.69) is 20.3 Å². The van der Waals surface area contributed by atoms with Crippen molar-refractivity contribution in [1.29, 1.82) is 0 Å². The van der Waals surface area contributed by atoms with Crippen molar-refractivity contribution < 1.29 is 0 Å². The van der Waals surface area contributed by atoms with Gasteiger partial charge in [0.05, 0.1) is 0 Å². The molecule has 0 aliphatic heterocycles. The van der Waals surface area contributed by atoms with Gasteiger partial charge in [0.25, 0.3) is 0 Å². The van der Waals surface area contributed by atoms with Crippen LogP contribution in [0.3, 0.4) is 0 Å². The van der Waals surface area contributed by atoms with Gasteiger partial charge in [-0.2, -0.15) is 0 Å². The van der Waals surface area contributed by atoms with Gasteiger partial charge in [-0.1, -0.05) is 13.8 Å². The summed E-state index contributed by atoms with van der Waals surface area (Å²) in [4.78, 5) is 0. The maximum Gasteiger partial charge on any atom is -0.0731 e. The summed E-state index contributed by atoms with van der Waals surface area (Å²) in [5.41, 5.74) is 3.16. The topological polar surface area (TPSA) is 0 Å². The highest BCUT2D eigenvalue weighted by atomic mass is 14.1. The summed E-state index contributed by atoms with van der Waals surface area (Å²) in [6.07, 6.45) is 4.78. The monoisotopic (exact) mass is 95.1 g/mol. The van der Waals surface area contributed by atoms with Crippen LogP contribution < -0.4 is 0 Å². The number of hydrogen-bond donors (Lipinski definition) is 0. The summed E-state index contributed by atoms with van der Waals surface area (Å²) in [5.74, 6) is 0. The molecule has 1 aliphatic rings. The molecule has 0 aromatic rings. The molecule has 0 spiro atoms. The summed E-state index contributed by atoms with van der Waals surface area (Å²) in [5, 5.41) is 0. The minimum absolute atomic E-state index is 1.25.